The van der Waals surface area contributed by atoms with Crippen molar-refractivity contribution in [3.8, 4) is 11.5 Å². The van der Waals surface area contributed by atoms with Gasteiger partial charge >= 0.3 is 5.97 Å². The first-order chi connectivity index (χ1) is 15.7. The second-order valence-corrected chi connectivity index (χ2v) is 9.38. The van der Waals surface area contributed by atoms with Gasteiger partial charge in [-0.1, -0.05) is 18.2 Å². The molecule has 10 nitrogen and oxygen atoms in total. The first-order valence-electron chi connectivity index (χ1n) is 11.0. The Kier molecular flexibility index (Phi) is 5.35. The van der Waals surface area contributed by atoms with E-state index in [2.05, 4.69) is 18.0 Å². The molecule has 9 atom stereocenters. The van der Waals surface area contributed by atoms with Crippen LogP contribution in [-0.2, 0) is 21.4 Å². The molecule has 0 saturated carbocycles. The largest absolute Gasteiger partial charge is 0.482 e. The maximum atomic E-state index is 12.5. The number of likely N-dealkylation sites (tertiary alicyclic amines) is 1. The second kappa shape index (κ2) is 7.86. The van der Waals surface area contributed by atoms with E-state index in [1.807, 2.05) is 6.07 Å². The average Bonchev–Trinajstić information content (AvgIpc) is 3.17. The molecule has 2 aliphatic heterocycles. The number of aliphatic hydroxyl groups excluding tert-OH is 5. The summed E-state index contributed by atoms with van der Waals surface area (Å²) in [6.45, 7) is 0.826. The van der Waals surface area contributed by atoms with Crippen molar-refractivity contribution in [2.24, 2.45) is 5.92 Å². The van der Waals surface area contributed by atoms with Crippen LogP contribution in [0, 0.1) is 5.92 Å². The van der Waals surface area contributed by atoms with Gasteiger partial charge in [0.1, 0.15) is 30.5 Å². The topological polar surface area (TPSA) is 157 Å². The van der Waals surface area contributed by atoms with Gasteiger partial charge < -0.3 is 44.7 Å². The van der Waals surface area contributed by atoms with Gasteiger partial charge in [0.15, 0.2) is 23.9 Å². The lowest BCUT2D eigenvalue weighted by Gasteiger charge is -2.56. The van der Waals surface area contributed by atoms with E-state index in [1.54, 1.807) is 12.1 Å². The molecule has 2 aliphatic carbocycles. The van der Waals surface area contributed by atoms with E-state index >= 15 is 0 Å². The third-order valence-electron chi connectivity index (χ3n) is 7.75. The first-order valence-corrected chi connectivity index (χ1v) is 11.0. The number of aliphatic hydroxyl groups is 5. The van der Waals surface area contributed by atoms with Crippen LogP contribution in [0.3, 0.4) is 0 Å². The number of carbonyl (C=O) groups excluding carboxylic acids is 2. The summed E-state index contributed by atoms with van der Waals surface area (Å²) in [6, 6.07) is 3.64. The van der Waals surface area contributed by atoms with Crippen molar-refractivity contribution in [2.45, 2.75) is 60.9 Å². The number of piperidine rings is 1. The van der Waals surface area contributed by atoms with Crippen LogP contribution in [0.25, 0.3) is 0 Å². The molecule has 1 saturated heterocycles. The molecule has 10 heteroatoms. The summed E-state index contributed by atoms with van der Waals surface area (Å²) in [7, 11) is 2.09. The number of aldehydes is 1. The van der Waals surface area contributed by atoms with Crippen LogP contribution in [0.1, 0.15) is 17.5 Å². The van der Waals surface area contributed by atoms with Gasteiger partial charge in [-0.2, -0.15) is 0 Å². The fourth-order valence-electron chi connectivity index (χ4n) is 6.09. The highest BCUT2D eigenvalue weighted by Gasteiger charge is 2.64. The highest BCUT2D eigenvalue weighted by molar-refractivity contribution is 5.79. The standard InChI is InChI=1S/C23H27NO9/c1-24-7-6-23-11-3-4-13(26)21(23)33-20-15(5-2-10(16(20)23)8-12(11)24)32-22(31)19(30)18(29)17(28)14(27)9-25/h2-5,9,11-14,17-19,21,26-30H,6-8H2,1H3/t11-,12+,13-,14-,17+,18-,19-,21-,23-/m0/s1. The maximum absolute atomic E-state index is 12.5. The summed E-state index contributed by atoms with van der Waals surface area (Å²) in [5.74, 6) is -0.796. The minimum atomic E-state index is -2.22. The van der Waals surface area contributed by atoms with E-state index in [9.17, 15) is 35.1 Å². The summed E-state index contributed by atoms with van der Waals surface area (Å²) >= 11 is 0. The molecule has 0 unspecified atom stereocenters. The van der Waals surface area contributed by atoms with E-state index in [1.165, 1.54) is 0 Å². The lowest BCUT2D eigenvalue weighted by molar-refractivity contribution is -0.161. The lowest BCUT2D eigenvalue weighted by atomic mass is 9.53. The van der Waals surface area contributed by atoms with Crippen molar-refractivity contribution >= 4 is 12.3 Å². The Bertz CT molecular complexity index is 1010. The average molecular weight is 461 g/mol. The minimum absolute atomic E-state index is 0.0183. The monoisotopic (exact) mass is 461 g/mol. The predicted octanol–water partition coefficient (Wildman–Crippen LogP) is -1.96. The van der Waals surface area contributed by atoms with Gasteiger partial charge in [0.05, 0.1) is 0 Å². The van der Waals surface area contributed by atoms with Crippen molar-refractivity contribution in [3.05, 3.63) is 35.4 Å². The fourth-order valence-corrected chi connectivity index (χ4v) is 6.09. The molecule has 1 fully saturated rings. The zero-order chi connectivity index (χ0) is 23.7. The molecule has 33 heavy (non-hydrogen) atoms. The number of carbonyl (C=O) groups is 2. The summed E-state index contributed by atoms with van der Waals surface area (Å²) in [5.41, 5.74) is 1.49. The van der Waals surface area contributed by atoms with E-state index in [0.717, 1.165) is 30.5 Å². The SMILES string of the molecule is CN1CC[C@]23c4c5ccc(OC(=O)[C@@H](O)[C@@H](O)[C@H](O)[C@@H](O)C=O)c4O[C@H]2[C@@H](O)C=C[C@H]3[C@H]1C5. The zero-order valence-corrected chi connectivity index (χ0v) is 17.9. The Balaban J connectivity index is 1.48. The Morgan fingerprint density at radius 2 is 2.00 bits per heavy atom. The maximum Gasteiger partial charge on any atom is 0.343 e. The van der Waals surface area contributed by atoms with Gasteiger partial charge in [-0.25, -0.2) is 4.79 Å². The van der Waals surface area contributed by atoms with Crippen LogP contribution >= 0.6 is 0 Å². The van der Waals surface area contributed by atoms with E-state index < -0.39 is 48.0 Å². The van der Waals surface area contributed by atoms with Gasteiger partial charge in [-0.3, -0.25) is 0 Å². The van der Waals surface area contributed by atoms with E-state index in [4.69, 9.17) is 9.47 Å². The van der Waals surface area contributed by atoms with Crippen LogP contribution in [0.4, 0.5) is 0 Å². The third kappa shape index (κ3) is 3.09. The number of hydrogen-bond donors (Lipinski definition) is 5. The molecule has 0 amide bonds. The van der Waals surface area contributed by atoms with Gasteiger partial charge in [-0.15, -0.1) is 0 Å². The van der Waals surface area contributed by atoms with Crippen molar-refractivity contribution in [1.29, 1.82) is 0 Å². The Morgan fingerprint density at radius 1 is 1.24 bits per heavy atom. The molecule has 1 aromatic rings. The molecule has 1 spiro atoms. The van der Waals surface area contributed by atoms with E-state index in [0.29, 0.717) is 5.75 Å². The summed E-state index contributed by atoms with van der Waals surface area (Å²) in [6.07, 6.45) is -4.46. The zero-order valence-electron chi connectivity index (χ0n) is 17.9. The van der Waals surface area contributed by atoms with Crippen molar-refractivity contribution in [1.82, 2.24) is 4.90 Å². The molecule has 2 heterocycles. The number of benzene rings is 1. The number of rotatable bonds is 6. The summed E-state index contributed by atoms with van der Waals surface area (Å²) < 4.78 is 11.6. The summed E-state index contributed by atoms with van der Waals surface area (Å²) in [5, 5.41) is 49.9. The van der Waals surface area contributed by atoms with Crippen molar-refractivity contribution in [3.63, 3.8) is 0 Å². The Labute approximate surface area is 189 Å². The first kappa shape index (κ1) is 22.5. The highest BCUT2D eigenvalue weighted by atomic mass is 16.6. The van der Waals surface area contributed by atoms with Crippen LogP contribution < -0.4 is 9.47 Å². The van der Waals surface area contributed by atoms with Gasteiger partial charge in [-0.05, 0) is 38.1 Å². The fraction of sp³-hybridized carbons (Fsp3) is 0.565. The van der Waals surface area contributed by atoms with Crippen LogP contribution in [0.5, 0.6) is 11.5 Å². The second-order valence-electron chi connectivity index (χ2n) is 9.38. The molecule has 0 radical (unpaired) electrons. The number of hydrogen-bond acceptors (Lipinski definition) is 10. The minimum Gasteiger partial charge on any atom is -0.482 e. The molecular weight excluding hydrogens is 434 g/mol. The van der Waals surface area contributed by atoms with Gasteiger partial charge in [0, 0.05) is 22.9 Å². The van der Waals surface area contributed by atoms with Crippen LogP contribution in [0.2, 0.25) is 0 Å². The highest BCUT2D eigenvalue weighted by Crippen LogP contribution is 2.62. The Hall–Kier alpha value is -2.34. The normalized spacial score (nSPS) is 35.1. The Morgan fingerprint density at radius 3 is 2.73 bits per heavy atom. The smallest absolute Gasteiger partial charge is 0.343 e. The molecule has 4 aliphatic rings. The van der Waals surface area contributed by atoms with Crippen molar-refractivity contribution < 1.29 is 44.6 Å². The van der Waals surface area contributed by atoms with Gasteiger partial charge in [0.2, 0.25) is 0 Å². The molecule has 5 N–H and O–H groups in total. The molecular formula is C23H27NO9. The van der Waals surface area contributed by atoms with E-state index in [-0.39, 0.29) is 24.0 Å². The quantitative estimate of drug-likeness (QED) is 0.139. The number of nitrogens with zero attached hydrogens (tertiary/aromatic N) is 1. The molecule has 1 aromatic carbocycles. The number of ether oxygens (including phenoxy) is 2. The predicted molar refractivity (Wildman–Crippen MR) is 112 cm³/mol. The molecule has 178 valence electrons. The van der Waals surface area contributed by atoms with Crippen LogP contribution in [0.15, 0.2) is 24.3 Å². The third-order valence-corrected chi connectivity index (χ3v) is 7.75. The molecule has 5 rings (SSSR count). The summed E-state index contributed by atoms with van der Waals surface area (Å²) in [4.78, 5) is 25.5. The van der Waals surface area contributed by atoms with Crippen LogP contribution in [-0.4, -0.2) is 98.9 Å². The van der Waals surface area contributed by atoms with Gasteiger partial charge in [0.25, 0.3) is 0 Å². The van der Waals surface area contributed by atoms with Crippen molar-refractivity contribution in [2.75, 3.05) is 13.6 Å². The molecule has 0 aromatic heterocycles. The lowest BCUT2D eigenvalue weighted by Crippen LogP contribution is -2.64. The number of likely N-dealkylation sites (N-methyl/N-ethyl adjacent to an activating group) is 1. The molecule has 2 bridgehead atoms. The number of esters is 1.